The number of Topliss-reactive ketones (excluding diaryl/α,β-unsaturated/α-hetero) is 1. The molecule has 1 saturated carbocycles. The summed E-state index contributed by atoms with van der Waals surface area (Å²) in [5.74, 6) is -0.393. The van der Waals surface area contributed by atoms with E-state index < -0.39 is 11.9 Å². The van der Waals surface area contributed by atoms with E-state index in [2.05, 4.69) is 15.2 Å². The van der Waals surface area contributed by atoms with Gasteiger partial charge in [-0.1, -0.05) is 30.0 Å². The van der Waals surface area contributed by atoms with Crippen LogP contribution in [0.1, 0.15) is 48.1 Å². The molecule has 0 N–H and O–H groups in total. The lowest BCUT2D eigenvalue weighted by Crippen LogP contribution is -2.25. The zero-order chi connectivity index (χ0) is 21.1. The number of carbonyl (C=O) groups is 2. The highest BCUT2D eigenvalue weighted by Gasteiger charge is 2.34. The third kappa shape index (κ3) is 4.46. The van der Waals surface area contributed by atoms with E-state index in [1.807, 2.05) is 47.2 Å². The number of thioether (sulfide) groups is 1. The van der Waals surface area contributed by atoms with E-state index in [-0.39, 0.29) is 18.1 Å². The maximum absolute atomic E-state index is 13.0. The Kier molecular flexibility index (Phi) is 6.29. The summed E-state index contributed by atoms with van der Waals surface area (Å²) in [6, 6.07) is 9.89. The number of rotatable bonds is 9. The molecule has 0 saturated heterocycles. The van der Waals surface area contributed by atoms with Crippen LogP contribution in [0.3, 0.4) is 0 Å². The molecule has 2 heterocycles. The summed E-state index contributed by atoms with van der Waals surface area (Å²) < 4.78 is 7.16. The van der Waals surface area contributed by atoms with Crippen LogP contribution in [0.2, 0.25) is 0 Å². The Bertz CT molecular complexity index is 1040. The van der Waals surface area contributed by atoms with E-state index >= 15 is 0 Å². The van der Waals surface area contributed by atoms with E-state index in [1.54, 1.807) is 6.92 Å². The Morgan fingerprint density at radius 3 is 2.67 bits per heavy atom. The first kappa shape index (κ1) is 20.7. The molecule has 0 aliphatic heterocycles. The van der Waals surface area contributed by atoms with Crippen molar-refractivity contribution in [3.8, 4) is 5.69 Å². The Morgan fingerprint density at radius 2 is 2.03 bits per heavy atom. The van der Waals surface area contributed by atoms with Crippen LogP contribution in [0.4, 0.5) is 0 Å². The molecule has 4 rings (SSSR count). The van der Waals surface area contributed by atoms with Crippen LogP contribution in [0.25, 0.3) is 5.69 Å². The van der Waals surface area contributed by atoms with Crippen molar-refractivity contribution in [2.24, 2.45) is 0 Å². The minimum atomic E-state index is -1.01. The maximum atomic E-state index is 13.0. The number of hydrogen-bond acceptors (Lipinski definition) is 8. The molecule has 0 amide bonds. The van der Waals surface area contributed by atoms with Crippen molar-refractivity contribution >= 4 is 34.9 Å². The quantitative estimate of drug-likeness (QED) is 0.282. The number of carbonyl (C=O) groups excluding carboxylic acids is 2. The minimum absolute atomic E-state index is 0.0811. The van der Waals surface area contributed by atoms with Gasteiger partial charge in [-0.3, -0.25) is 14.2 Å². The van der Waals surface area contributed by atoms with E-state index in [9.17, 15) is 9.59 Å². The van der Waals surface area contributed by atoms with Crippen LogP contribution in [-0.2, 0) is 14.3 Å². The third-order valence-electron chi connectivity index (χ3n) is 4.69. The van der Waals surface area contributed by atoms with Crippen molar-refractivity contribution in [2.75, 3.05) is 12.4 Å². The van der Waals surface area contributed by atoms with Gasteiger partial charge in [0, 0.05) is 22.7 Å². The lowest BCUT2D eigenvalue weighted by molar-refractivity contribution is -0.147. The van der Waals surface area contributed by atoms with E-state index in [0.29, 0.717) is 16.1 Å². The molecule has 9 heteroatoms. The molecule has 0 unspecified atom stereocenters. The van der Waals surface area contributed by atoms with Gasteiger partial charge in [0.05, 0.1) is 12.4 Å². The lowest BCUT2D eigenvalue weighted by Gasteiger charge is -2.13. The summed E-state index contributed by atoms with van der Waals surface area (Å²) in [6.07, 6.45) is 2.20. The number of esters is 1. The van der Waals surface area contributed by atoms with Crippen LogP contribution in [-0.4, -0.2) is 43.9 Å². The molecule has 0 bridgehead atoms. The Hall–Kier alpha value is -2.52. The van der Waals surface area contributed by atoms with Crippen LogP contribution in [0.5, 0.6) is 0 Å². The fourth-order valence-electron chi connectivity index (χ4n) is 3.12. The third-order valence-corrected chi connectivity index (χ3v) is 6.67. The highest BCUT2D eigenvalue weighted by atomic mass is 32.2. The van der Waals surface area contributed by atoms with E-state index in [4.69, 9.17) is 4.74 Å². The molecular formula is C21H22N4O3S2. The van der Waals surface area contributed by atoms with Crippen molar-refractivity contribution in [3.05, 3.63) is 52.2 Å². The maximum Gasteiger partial charge on any atom is 0.323 e. The monoisotopic (exact) mass is 442 g/mol. The average Bonchev–Trinajstić information content (AvgIpc) is 3.36. The van der Waals surface area contributed by atoms with E-state index in [1.165, 1.54) is 23.1 Å². The van der Waals surface area contributed by atoms with Gasteiger partial charge in [-0.05, 0) is 38.8 Å². The van der Waals surface area contributed by atoms with Gasteiger partial charge in [0.15, 0.2) is 16.9 Å². The fraction of sp³-hybridized carbons (Fsp3) is 0.381. The zero-order valence-corrected chi connectivity index (χ0v) is 18.4. The number of ether oxygens (including phenoxy) is 1. The SMILES string of the molecule is CCOC(=O)[C@H](C(=O)CSc1nnc(C2CC2)n1-c1ccccc1)c1nc(C)cs1. The molecule has 0 spiro atoms. The number of thiazole rings is 1. The molecule has 1 fully saturated rings. The predicted molar refractivity (Wildman–Crippen MR) is 115 cm³/mol. The van der Waals surface area contributed by atoms with Crippen LogP contribution in [0.15, 0.2) is 40.9 Å². The summed E-state index contributed by atoms with van der Waals surface area (Å²) in [7, 11) is 0. The second-order valence-corrected chi connectivity index (χ2v) is 8.89. The lowest BCUT2D eigenvalue weighted by atomic mass is 10.1. The molecule has 1 atom stereocenters. The summed E-state index contributed by atoms with van der Waals surface area (Å²) >= 11 is 2.59. The largest absolute Gasteiger partial charge is 0.465 e. The molecule has 3 aromatic rings. The molecule has 1 aliphatic carbocycles. The second-order valence-electron chi connectivity index (χ2n) is 7.05. The van der Waals surface area contributed by atoms with Crippen molar-refractivity contribution in [2.45, 2.75) is 43.7 Å². The Morgan fingerprint density at radius 1 is 1.27 bits per heavy atom. The number of aromatic nitrogens is 4. The molecule has 1 aromatic carbocycles. The average molecular weight is 443 g/mol. The van der Waals surface area contributed by atoms with Gasteiger partial charge >= 0.3 is 5.97 Å². The van der Waals surface area contributed by atoms with Crippen LogP contribution < -0.4 is 0 Å². The molecule has 2 aromatic heterocycles. The molecule has 7 nitrogen and oxygen atoms in total. The van der Waals surface area contributed by atoms with Gasteiger partial charge in [0.1, 0.15) is 10.8 Å². The van der Waals surface area contributed by atoms with Crippen LogP contribution >= 0.6 is 23.1 Å². The summed E-state index contributed by atoms with van der Waals surface area (Å²) in [6.45, 7) is 3.78. The first-order chi connectivity index (χ1) is 14.6. The summed E-state index contributed by atoms with van der Waals surface area (Å²) in [5, 5.41) is 11.7. The van der Waals surface area contributed by atoms with Gasteiger partial charge in [-0.25, -0.2) is 4.98 Å². The standard InChI is InChI=1S/C21H22N4O3S2/c1-3-28-20(27)17(19-22-13(2)11-29-19)16(26)12-30-21-24-23-18(14-9-10-14)25(21)15-7-5-4-6-8-15/h4-8,11,14,17H,3,9-10,12H2,1-2H3/t17-/m1/s1. The molecular weight excluding hydrogens is 420 g/mol. The van der Waals surface area contributed by atoms with Gasteiger partial charge < -0.3 is 4.74 Å². The molecule has 156 valence electrons. The number of aryl methyl sites for hydroxylation is 1. The topological polar surface area (TPSA) is 87.0 Å². The van der Waals surface area contributed by atoms with Crippen molar-refractivity contribution in [1.29, 1.82) is 0 Å². The highest BCUT2D eigenvalue weighted by Crippen LogP contribution is 2.41. The number of hydrogen-bond donors (Lipinski definition) is 0. The van der Waals surface area contributed by atoms with Crippen molar-refractivity contribution in [1.82, 2.24) is 19.7 Å². The number of ketones is 1. The zero-order valence-electron chi connectivity index (χ0n) is 16.8. The molecule has 30 heavy (non-hydrogen) atoms. The number of para-hydroxylation sites is 1. The smallest absolute Gasteiger partial charge is 0.323 e. The summed E-state index contributed by atoms with van der Waals surface area (Å²) in [4.78, 5) is 29.9. The van der Waals surface area contributed by atoms with Gasteiger partial charge in [0.25, 0.3) is 0 Å². The molecule has 0 radical (unpaired) electrons. The minimum Gasteiger partial charge on any atom is -0.465 e. The second kappa shape index (κ2) is 9.09. The van der Waals surface area contributed by atoms with Gasteiger partial charge in [-0.2, -0.15) is 0 Å². The highest BCUT2D eigenvalue weighted by molar-refractivity contribution is 7.99. The van der Waals surface area contributed by atoms with Gasteiger partial charge in [-0.15, -0.1) is 21.5 Å². The van der Waals surface area contributed by atoms with Crippen molar-refractivity contribution in [3.63, 3.8) is 0 Å². The van der Waals surface area contributed by atoms with Crippen molar-refractivity contribution < 1.29 is 14.3 Å². The van der Waals surface area contributed by atoms with Crippen LogP contribution in [0, 0.1) is 6.92 Å². The van der Waals surface area contributed by atoms with Gasteiger partial charge in [0.2, 0.25) is 0 Å². The first-order valence-corrected chi connectivity index (χ1v) is 11.7. The van der Waals surface area contributed by atoms with E-state index in [0.717, 1.165) is 30.0 Å². The molecule has 1 aliphatic rings. The number of nitrogens with zero attached hydrogens (tertiary/aromatic N) is 4. The normalized spacial score (nSPS) is 14.5. The Balaban J connectivity index is 1.56. The predicted octanol–water partition coefficient (Wildman–Crippen LogP) is 3.92. The fourth-order valence-corrected chi connectivity index (χ4v) is 4.89. The Labute approximate surface area is 182 Å². The summed E-state index contributed by atoms with van der Waals surface area (Å²) in [5.41, 5.74) is 1.75. The number of benzene rings is 1. The first-order valence-electron chi connectivity index (χ1n) is 9.83.